The molecule has 0 aliphatic carbocycles. The lowest BCUT2D eigenvalue weighted by atomic mass is 10.1. The van der Waals surface area contributed by atoms with Gasteiger partial charge in [-0.2, -0.15) is 0 Å². The summed E-state index contributed by atoms with van der Waals surface area (Å²) in [5, 5.41) is 0. The molecule has 0 spiro atoms. The Labute approximate surface area is 104 Å². The number of rotatable bonds is 7. The van der Waals surface area contributed by atoms with E-state index in [1.807, 2.05) is 32.1 Å². The largest absolute Gasteiger partial charge is 0.329 e. The summed E-state index contributed by atoms with van der Waals surface area (Å²) in [6.45, 7) is 8.07. The smallest absolute Gasteiger partial charge is 0.203 e. The van der Waals surface area contributed by atoms with Gasteiger partial charge in [-0.1, -0.05) is 43.8 Å². The van der Waals surface area contributed by atoms with Crippen molar-refractivity contribution in [2.45, 2.75) is 20.3 Å². The van der Waals surface area contributed by atoms with Gasteiger partial charge >= 0.3 is 0 Å². The third kappa shape index (κ3) is 4.49. The van der Waals surface area contributed by atoms with Crippen LogP contribution in [0.5, 0.6) is 0 Å². The highest BCUT2D eigenvalue weighted by molar-refractivity contribution is 7.58. The lowest BCUT2D eigenvalue weighted by molar-refractivity contribution is 0.333. The fourth-order valence-electron chi connectivity index (χ4n) is 1.67. The Morgan fingerprint density at radius 1 is 1.29 bits per heavy atom. The van der Waals surface area contributed by atoms with Gasteiger partial charge < -0.3 is 4.52 Å². The van der Waals surface area contributed by atoms with Crippen LogP contribution in [0.3, 0.4) is 0 Å². The SMILES string of the molecule is C=Cc1ccc(CCP(=O)(CC)OCC)cc1. The molecule has 0 bridgehead atoms. The third-order valence-corrected chi connectivity index (χ3v) is 5.40. The highest BCUT2D eigenvalue weighted by Crippen LogP contribution is 2.46. The molecular formula is C14H21O2P. The van der Waals surface area contributed by atoms with Gasteiger partial charge in [0.25, 0.3) is 0 Å². The maximum absolute atomic E-state index is 12.2. The molecule has 0 amide bonds. The molecule has 1 atom stereocenters. The topological polar surface area (TPSA) is 26.3 Å². The maximum Gasteiger partial charge on any atom is 0.203 e. The summed E-state index contributed by atoms with van der Waals surface area (Å²) < 4.78 is 17.6. The Balaban J connectivity index is 2.59. The average molecular weight is 252 g/mol. The van der Waals surface area contributed by atoms with Gasteiger partial charge in [-0.25, -0.2) is 0 Å². The van der Waals surface area contributed by atoms with Crippen LogP contribution in [0, 0.1) is 0 Å². The number of hydrogen-bond acceptors (Lipinski definition) is 2. The summed E-state index contributed by atoms with van der Waals surface area (Å²) in [5.74, 6) is 0. The second kappa shape index (κ2) is 6.78. The Bertz CT molecular complexity index is 395. The second-order valence-electron chi connectivity index (χ2n) is 3.97. The second-order valence-corrected chi connectivity index (χ2v) is 6.93. The highest BCUT2D eigenvalue weighted by atomic mass is 31.2. The standard InChI is InChI=1S/C14H21O2P/c1-4-13-7-9-14(10-8-13)11-12-17(15,6-3)16-5-2/h4,7-10H,1,5-6,11-12H2,2-3H3. The molecule has 0 saturated heterocycles. The molecule has 0 aromatic heterocycles. The van der Waals surface area contributed by atoms with E-state index in [9.17, 15) is 4.57 Å². The fraction of sp³-hybridized carbons (Fsp3) is 0.429. The van der Waals surface area contributed by atoms with Gasteiger partial charge in [0, 0.05) is 12.3 Å². The molecule has 0 N–H and O–H groups in total. The number of hydrogen-bond donors (Lipinski definition) is 0. The average Bonchev–Trinajstić information content (AvgIpc) is 2.37. The lowest BCUT2D eigenvalue weighted by Crippen LogP contribution is -2.01. The van der Waals surface area contributed by atoms with Gasteiger partial charge in [0.15, 0.2) is 0 Å². The zero-order valence-electron chi connectivity index (χ0n) is 10.7. The first-order chi connectivity index (χ1) is 8.13. The van der Waals surface area contributed by atoms with Crippen molar-refractivity contribution < 1.29 is 9.09 Å². The lowest BCUT2D eigenvalue weighted by Gasteiger charge is -2.15. The van der Waals surface area contributed by atoms with Crippen LogP contribution in [0.4, 0.5) is 0 Å². The van der Waals surface area contributed by atoms with E-state index in [1.54, 1.807) is 0 Å². The van der Waals surface area contributed by atoms with Crippen LogP contribution in [0.15, 0.2) is 30.8 Å². The summed E-state index contributed by atoms with van der Waals surface area (Å²) in [5.41, 5.74) is 2.31. The highest BCUT2D eigenvalue weighted by Gasteiger charge is 2.19. The predicted molar refractivity (Wildman–Crippen MR) is 74.9 cm³/mol. The summed E-state index contributed by atoms with van der Waals surface area (Å²) in [6, 6.07) is 8.17. The molecule has 0 radical (unpaired) electrons. The molecule has 1 aromatic rings. The van der Waals surface area contributed by atoms with E-state index in [4.69, 9.17) is 4.52 Å². The molecule has 94 valence electrons. The number of aryl methyl sites for hydroxylation is 1. The fourth-order valence-corrected chi connectivity index (χ4v) is 3.37. The molecule has 0 aliphatic rings. The third-order valence-electron chi connectivity index (χ3n) is 2.80. The van der Waals surface area contributed by atoms with Crippen LogP contribution < -0.4 is 0 Å². The van der Waals surface area contributed by atoms with E-state index in [-0.39, 0.29) is 0 Å². The van der Waals surface area contributed by atoms with Gasteiger partial charge in [-0.05, 0) is 24.5 Å². The van der Waals surface area contributed by atoms with E-state index in [0.717, 1.165) is 12.0 Å². The molecule has 17 heavy (non-hydrogen) atoms. The molecular weight excluding hydrogens is 231 g/mol. The molecule has 0 fully saturated rings. The Kier molecular flexibility index (Phi) is 5.67. The Morgan fingerprint density at radius 2 is 1.94 bits per heavy atom. The minimum Gasteiger partial charge on any atom is -0.329 e. The summed E-state index contributed by atoms with van der Waals surface area (Å²) >= 11 is 0. The normalized spacial score (nSPS) is 14.2. The molecule has 1 unspecified atom stereocenters. The van der Waals surface area contributed by atoms with E-state index in [0.29, 0.717) is 18.9 Å². The van der Waals surface area contributed by atoms with Crippen LogP contribution in [-0.2, 0) is 15.5 Å². The first-order valence-corrected chi connectivity index (χ1v) is 8.07. The van der Waals surface area contributed by atoms with E-state index >= 15 is 0 Å². The van der Waals surface area contributed by atoms with Gasteiger partial charge in [0.2, 0.25) is 7.37 Å². The molecule has 2 nitrogen and oxygen atoms in total. The quantitative estimate of drug-likeness (QED) is 0.679. The first kappa shape index (κ1) is 14.2. The van der Waals surface area contributed by atoms with Gasteiger partial charge in [-0.15, -0.1) is 0 Å². The van der Waals surface area contributed by atoms with Crippen LogP contribution >= 0.6 is 7.37 Å². The van der Waals surface area contributed by atoms with Crippen LogP contribution in [0.2, 0.25) is 0 Å². The monoisotopic (exact) mass is 252 g/mol. The Morgan fingerprint density at radius 3 is 2.41 bits per heavy atom. The van der Waals surface area contributed by atoms with Crippen LogP contribution in [0.1, 0.15) is 25.0 Å². The first-order valence-electron chi connectivity index (χ1n) is 6.07. The van der Waals surface area contributed by atoms with Gasteiger partial charge in [0.1, 0.15) is 0 Å². The zero-order chi connectivity index (χ0) is 12.7. The van der Waals surface area contributed by atoms with Crippen molar-refractivity contribution in [2.75, 3.05) is 18.9 Å². The maximum atomic E-state index is 12.2. The molecule has 3 heteroatoms. The van der Waals surface area contributed by atoms with Crippen LogP contribution in [0.25, 0.3) is 6.08 Å². The van der Waals surface area contributed by atoms with Crippen molar-refractivity contribution in [2.24, 2.45) is 0 Å². The molecule has 0 heterocycles. The van der Waals surface area contributed by atoms with Crippen LogP contribution in [-0.4, -0.2) is 18.9 Å². The molecule has 1 rings (SSSR count). The molecule has 0 aliphatic heterocycles. The minimum atomic E-state index is -2.40. The predicted octanol–water partition coefficient (Wildman–Crippen LogP) is 4.21. The summed E-state index contributed by atoms with van der Waals surface area (Å²) in [4.78, 5) is 0. The van der Waals surface area contributed by atoms with Crippen molar-refractivity contribution in [3.63, 3.8) is 0 Å². The van der Waals surface area contributed by atoms with Crippen molar-refractivity contribution >= 4 is 13.4 Å². The van der Waals surface area contributed by atoms with Gasteiger partial charge in [0.05, 0.1) is 6.61 Å². The van der Waals surface area contributed by atoms with E-state index in [1.165, 1.54) is 5.56 Å². The molecule has 0 saturated carbocycles. The zero-order valence-corrected chi connectivity index (χ0v) is 11.6. The van der Waals surface area contributed by atoms with E-state index < -0.39 is 7.37 Å². The summed E-state index contributed by atoms with van der Waals surface area (Å²) in [6.07, 6.45) is 3.87. The van der Waals surface area contributed by atoms with Crippen molar-refractivity contribution in [3.8, 4) is 0 Å². The Hall–Kier alpha value is -0.850. The van der Waals surface area contributed by atoms with E-state index in [2.05, 4.69) is 18.7 Å². The number of benzene rings is 1. The summed E-state index contributed by atoms with van der Waals surface area (Å²) in [7, 11) is -2.40. The van der Waals surface area contributed by atoms with Crippen molar-refractivity contribution in [1.82, 2.24) is 0 Å². The van der Waals surface area contributed by atoms with Crippen molar-refractivity contribution in [3.05, 3.63) is 42.0 Å². The minimum absolute atomic E-state index is 0.528. The van der Waals surface area contributed by atoms with Gasteiger partial charge in [-0.3, -0.25) is 4.57 Å². The molecule has 1 aromatic carbocycles. The van der Waals surface area contributed by atoms with Crippen molar-refractivity contribution in [1.29, 1.82) is 0 Å².